The van der Waals surface area contributed by atoms with Crippen molar-refractivity contribution in [3.05, 3.63) is 34.3 Å². The van der Waals surface area contributed by atoms with Crippen molar-refractivity contribution in [2.75, 3.05) is 6.54 Å². The lowest BCUT2D eigenvalue weighted by Gasteiger charge is -2.21. The first kappa shape index (κ1) is 12.6. The summed E-state index contributed by atoms with van der Waals surface area (Å²) in [5, 5.41) is 3.03. The highest BCUT2D eigenvalue weighted by atomic mass is 79.9. The Morgan fingerprint density at radius 2 is 1.82 bits per heavy atom. The van der Waals surface area contributed by atoms with Crippen LogP contribution in [0.3, 0.4) is 0 Å². The number of hydrogen-bond acceptors (Lipinski definition) is 1. The maximum atomic E-state index is 11.9. The van der Waals surface area contributed by atoms with Crippen LogP contribution in [-0.4, -0.2) is 12.5 Å². The van der Waals surface area contributed by atoms with Gasteiger partial charge in [0.25, 0.3) is 5.91 Å². The zero-order valence-electron chi connectivity index (χ0n) is 9.92. The lowest BCUT2D eigenvalue weighted by Crippen LogP contribution is -2.30. The predicted octanol–water partition coefficient (Wildman–Crippen LogP) is 3.76. The standard InChI is InChI=1S/C14H18BrNO/c15-13-8-6-12(7-9-13)14(17)16-10-11-4-2-1-3-5-11/h6-9,11H,1-5,10H2,(H,16,17). The van der Waals surface area contributed by atoms with E-state index in [-0.39, 0.29) is 5.91 Å². The molecule has 0 atom stereocenters. The lowest BCUT2D eigenvalue weighted by atomic mass is 9.89. The molecule has 1 fully saturated rings. The Bertz CT molecular complexity index is 368. The Kier molecular flexibility index (Phi) is 4.60. The second-order valence-electron chi connectivity index (χ2n) is 4.72. The van der Waals surface area contributed by atoms with E-state index in [4.69, 9.17) is 0 Å². The van der Waals surface area contributed by atoms with E-state index in [9.17, 15) is 4.79 Å². The molecule has 0 aliphatic heterocycles. The molecule has 1 saturated carbocycles. The van der Waals surface area contributed by atoms with Crippen molar-refractivity contribution in [1.29, 1.82) is 0 Å². The molecule has 2 rings (SSSR count). The molecule has 0 aromatic heterocycles. The molecule has 0 bridgehead atoms. The zero-order chi connectivity index (χ0) is 12.1. The Morgan fingerprint density at radius 1 is 1.18 bits per heavy atom. The van der Waals surface area contributed by atoms with Gasteiger partial charge in [0.15, 0.2) is 0 Å². The van der Waals surface area contributed by atoms with Crippen LogP contribution < -0.4 is 5.32 Å². The lowest BCUT2D eigenvalue weighted by molar-refractivity contribution is 0.0943. The molecular formula is C14H18BrNO. The molecule has 1 aliphatic rings. The quantitative estimate of drug-likeness (QED) is 0.904. The number of hydrogen-bond donors (Lipinski definition) is 1. The molecule has 1 N–H and O–H groups in total. The van der Waals surface area contributed by atoms with Crippen LogP contribution in [0.4, 0.5) is 0 Å². The number of nitrogens with one attached hydrogen (secondary N) is 1. The molecule has 0 unspecified atom stereocenters. The smallest absolute Gasteiger partial charge is 0.251 e. The molecule has 17 heavy (non-hydrogen) atoms. The molecule has 2 nitrogen and oxygen atoms in total. The first-order valence-electron chi connectivity index (χ1n) is 6.29. The molecular weight excluding hydrogens is 278 g/mol. The molecule has 0 heterocycles. The van der Waals surface area contributed by atoms with Crippen LogP contribution >= 0.6 is 15.9 Å². The summed E-state index contributed by atoms with van der Waals surface area (Å²) in [6, 6.07) is 7.49. The third kappa shape index (κ3) is 3.84. The Morgan fingerprint density at radius 3 is 2.47 bits per heavy atom. The van der Waals surface area contributed by atoms with Gasteiger partial charge in [0.05, 0.1) is 0 Å². The topological polar surface area (TPSA) is 29.1 Å². The maximum Gasteiger partial charge on any atom is 0.251 e. The van der Waals surface area contributed by atoms with E-state index in [1.165, 1.54) is 32.1 Å². The average molecular weight is 296 g/mol. The highest BCUT2D eigenvalue weighted by molar-refractivity contribution is 9.10. The van der Waals surface area contributed by atoms with Gasteiger partial charge in [-0.2, -0.15) is 0 Å². The Balaban J connectivity index is 1.82. The summed E-state index contributed by atoms with van der Waals surface area (Å²) in [4.78, 5) is 11.9. The van der Waals surface area contributed by atoms with Crippen LogP contribution in [0.25, 0.3) is 0 Å². The van der Waals surface area contributed by atoms with Gasteiger partial charge >= 0.3 is 0 Å². The minimum absolute atomic E-state index is 0.0445. The van der Waals surface area contributed by atoms with Crippen molar-refractivity contribution in [3.8, 4) is 0 Å². The van der Waals surface area contributed by atoms with Crippen LogP contribution in [0.5, 0.6) is 0 Å². The number of amides is 1. The van der Waals surface area contributed by atoms with E-state index in [1.54, 1.807) is 0 Å². The van der Waals surface area contributed by atoms with E-state index >= 15 is 0 Å². The number of rotatable bonds is 3. The Hall–Kier alpha value is -0.830. The summed E-state index contributed by atoms with van der Waals surface area (Å²) in [5.41, 5.74) is 0.740. The SMILES string of the molecule is O=C(NCC1CCCCC1)c1ccc(Br)cc1. The molecule has 0 saturated heterocycles. The van der Waals surface area contributed by atoms with Gasteiger partial charge in [-0.25, -0.2) is 0 Å². The highest BCUT2D eigenvalue weighted by Crippen LogP contribution is 2.22. The van der Waals surface area contributed by atoms with Gasteiger partial charge in [-0.05, 0) is 43.0 Å². The second kappa shape index (κ2) is 6.20. The summed E-state index contributed by atoms with van der Waals surface area (Å²) in [6.07, 6.45) is 6.52. The largest absolute Gasteiger partial charge is 0.352 e. The molecule has 0 radical (unpaired) electrons. The fraction of sp³-hybridized carbons (Fsp3) is 0.500. The van der Waals surface area contributed by atoms with E-state index in [2.05, 4.69) is 21.2 Å². The molecule has 92 valence electrons. The summed E-state index contributed by atoms with van der Waals surface area (Å²) in [6.45, 7) is 0.828. The summed E-state index contributed by atoms with van der Waals surface area (Å²) in [5.74, 6) is 0.728. The van der Waals surface area contributed by atoms with Gasteiger partial charge in [-0.15, -0.1) is 0 Å². The van der Waals surface area contributed by atoms with E-state index in [0.29, 0.717) is 5.92 Å². The molecule has 1 amide bonds. The van der Waals surface area contributed by atoms with Crippen LogP contribution in [0.1, 0.15) is 42.5 Å². The molecule has 1 aromatic rings. The van der Waals surface area contributed by atoms with Gasteiger partial charge < -0.3 is 5.32 Å². The number of carbonyl (C=O) groups excluding carboxylic acids is 1. The molecule has 1 aromatic carbocycles. The van der Waals surface area contributed by atoms with Crippen molar-refractivity contribution in [2.24, 2.45) is 5.92 Å². The van der Waals surface area contributed by atoms with Crippen LogP contribution in [0, 0.1) is 5.92 Å². The van der Waals surface area contributed by atoms with Crippen LogP contribution in [0.15, 0.2) is 28.7 Å². The van der Waals surface area contributed by atoms with E-state index in [1.807, 2.05) is 24.3 Å². The van der Waals surface area contributed by atoms with Gasteiger partial charge in [-0.1, -0.05) is 35.2 Å². The first-order chi connectivity index (χ1) is 8.25. The van der Waals surface area contributed by atoms with Gasteiger partial charge in [0.2, 0.25) is 0 Å². The fourth-order valence-electron chi connectivity index (χ4n) is 2.33. The monoisotopic (exact) mass is 295 g/mol. The predicted molar refractivity (Wildman–Crippen MR) is 73.1 cm³/mol. The fourth-order valence-corrected chi connectivity index (χ4v) is 2.60. The average Bonchev–Trinajstić information content (AvgIpc) is 2.38. The third-order valence-corrected chi connectivity index (χ3v) is 3.91. The van der Waals surface area contributed by atoms with Crippen LogP contribution in [0.2, 0.25) is 0 Å². The van der Waals surface area contributed by atoms with Crippen molar-refractivity contribution in [1.82, 2.24) is 5.32 Å². The molecule has 0 spiro atoms. The zero-order valence-corrected chi connectivity index (χ0v) is 11.5. The van der Waals surface area contributed by atoms with Gasteiger partial charge in [-0.3, -0.25) is 4.79 Å². The number of benzene rings is 1. The minimum atomic E-state index is 0.0445. The summed E-state index contributed by atoms with van der Waals surface area (Å²) < 4.78 is 1.00. The van der Waals surface area contributed by atoms with Crippen molar-refractivity contribution < 1.29 is 4.79 Å². The molecule has 1 aliphatic carbocycles. The van der Waals surface area contributed by atoms with Gasteiger partial charge in [0, 0.05) is 16.6 Å². The number of carbonyl (C=O) groups is 1. The normalized spacial score (nSPS) is 16.8. The first-order valence-corrected chi connectivity index (χ1v) is 7.09. The summed E-state index contributed by atoms with van der Waals surface area (Å²) in [7, 11) is 0. The summed E-state index contributed by atoms with van der Waals surface area (Å²) >= 11 is 3.36. The maximum absolute atomic E-state index is 11.9. The minimum Gasteiger partial charge on any atom is -0.352 e. The Labute approximate surface area is 111 Å². The highest BCUT2D eigenvalue weighted by Gasteiger charge is 2.14. The second-order valence-corrected chi connectivity index (χ2v) is 5.64. The number of halogens is 1. The van der Waals surface area contributed by atoms with Gasteiger partial charge in [0.1, 0.15) is 0 Å². The third-order valence-electron chi connectivity index (χ3n) is 3.38. The van der Waals surface area contributed by atoms with Crippen molar-refractivity contribution >= 4 is 21.8 Å². The van der Waals surface area contributed by atoms with E-state index in [0.717, 1.165) is 16.6 Å². The van der Waals surface area contributed by atoms with E-state index < -0.39 is 0 Å². The van der Waals surface area contributed by atoms with Crippen molar-refractivity contribution in [2.45, 2.75) is 32.1 Å². The molecule has 3 heteroatoms. The van der Waals surface area contributed by atoms with Crippen LogP contribution in [-0.2, 0) is 0 Å². The van der Waals surface area contributed by atoms with Crippen molar-refractivity contribution in [3.63, 3.8) is 0 Å².